The molecule has 0 bridgehead atoms. The quantitative estimate of drug-likeness (QED) is 0.0468. The number of carboxylic acid groups (broad SMARTS) is 1. The van der Waals surface area contributed by atoms with Gasteiger partial charge < -0.3 is 14.7 Å². The fourth-order valence-corrected chi connectivity index (χ4v) is 12.3. The number of fused-ring (bicyclic) bond motifs is 7. The average Bonchev–Trinajstić information content (AvgIpc) is 3.77. The third kappa shape index (κ3) is 8.65. The Hall–Kier alpha value is -7.78. The Bertz CT molecular complexity index is 3150. The van der Waals surface area contributed by atoms with Crippen LogP contribution in [0.2, 0.25) is 0 Å². The van der Waals surface area contributed by atoms with Crippen LogP contribution >= 0.6 is 0 Å². The summed E-state index contributed by atoms with van der Waals surface area (Å²) in [5, 5.41) is 33.0. The van der Waals surface area contributed by atoms with Crippen LogP contribution < -0.4 is 4.90 Å². The van der Waals surface area contributed by atoms with Crippen molar-refractivity contribution in [3.8, 4) is 34.4 Å². The minimum atomic E-state index is -0.870. The minimum Gasteiger partial charge on any atom is -0.481 e. The maximum Gasteiger partial charge on any atom is 0.304 e. The fourth-order valence-electron chi connectivity index (χ4n) is 12.3. The molecule has 1 fully saturated rings. The van der Waals surface area contributed by atoms with Gasteiger partial charge in [0.15, 0.2) is 0 Å². The van der Waals surface area contributed by atoms with Crippen LogP contribution in [0.3, 0.4) is 0 Å². The number of hydrogen-bond donors (Lipinski definition) is 1. The summed E-state index contributed by atoms with van der Waals surface area (Å²) in [6, 6.07) is 55.4. The maximum absolute atomic E-state index is 12.3. The smallest absolute Gasteiger partial charge is 0.304 e. The van der Waals surface area contributed by atoms with Gasteiger partial charge in [-0.3, -0.25) is 14.5 Å². The summed E-state index contributed by atoms with van der Waals surface area (Å²) in [6.45, 7) is 11.9. The van der Waals surface area contributed by atoms with E-state index in [0.29, 0.717) is 37.0 Å². The molecule has 8 nitrogen and oxygen atoms in total. The van der Waals surface area contributed by atoms with Crippen molar-refractivity contribution in [2.24, 2.45) is 5.41 Å². The number of benzene rings is 6. The number of carbonyl (C=O) groups is 2. The van der Waals surface area contributed by atoms with Crippen molar-refractivity contribution in [3.63, 3.8) is 0 Å². The van der Waals surface area contributed by atoms with Crippen LogP contribution in [0.1, 0.15) is 78.1 Å². The molecule has 6 aromatic carbocycles. The number of anilines is 1. The molecule has 1 N–H and O–H groups in total. The number of ether oxygens (including phenoxy) is 1. The number of aryl methyl sites for hydroxylation is 2. The van der Waals surface area contributed by atoms with Crippen LogP contribution in [-0.2, 0) is 32.6 Å². The molecule has 2 aliphatic heterocycles. The fraction of sp³-hybridized carbons (Fsp3) is 0.258. The van der Waals surface area contributed by atoms with E-state index in [1.54, 1.807) is 6.08 Å². The summed E-state index contributed by atoms with van der Waals surface area (Å²) in [4.78, 5) is 28.5. The highest BCUT2D eigenvalue weighted by molar-refractivity contribution is 5.80. The number of nitrogens with zero attached hydrogens (tertiary/aromatic N) is 4. The summed E-state index contributed by atoms with van der Waals surface area (Å²) < 4.78 is 5.42. The van der Waals surface area contributed by atoms with E-state index in [0.717, 1.165) is 61.5 Å². The molecule has 0 saturated carbocycles. The van der Waals surface area contributed by atoms with Crippen molar-refractivity contribution < 1.29 is 19.4 Å². The number of likely N-dealkylation sites (tertiary alicyclic amines) is 1. The number of carbonyl (C=O) groups excluding carboxylic acids is 1. The lowest BCUT2D eigenvalue weighted by molar-refractivity contribution is -0.137. The minimum absolute atomic E-state index is 0.0239. The summed E-state index contributed by atoms with van der Waals surface area (Å²) >= 11 is 0. The predicted octanol–water partition coefficient (Wildman–Crippen LogP) is 12.6. The van der Waals surface area contributed by atoms with E-state index in [1.165, 1.54) is 16.7 Å². The molecule has 9 rings (SSSR count). The molecule has 0 spiro atoms. The molecule has 0 radical (unpaired) electrons. The number of aliphatic carboxylic acids is 1. The molecule has 3 aliphatic rings. The Morgan fingerprint density at radius 2 is 1.43 bits per heavy atom. The number of carboxylic acids is 1. The lowest BCUT2D eigenvalue weighted by atomic mass is 9.64. The number of hydrogen-bond acceptors (Lipinski definition) is 7. The highest BCUT2D eigenvalue weighted by Gasteiger charge is 2.57. The molecular formula is C62H58N4O4. The average molecular weight is 923 g/mol. The van der Waals surface area contributed by atoms with Gasteiger partial charge in [0.2, 0.25) is 0 Å². The van der Waals surface area contributed by atoms with E-state index >= 15 is 0 Å². The van der Waals surface area contributed by atoms with Gasteiger partial charge in [-0.05, 0) is 119 Å². The zero-order chi connectivity index (χ0) is 49.2. The van der Waals surface area contributed by atoms with E-state index in [-0.39, 0.29) is 37.6 Å². The first-order valence-electron chi connectivity index (χ1n) is 24.1. The molecule has 6 aromatic rings. The Morgan fingerprint density at radius 1 is 0.757 bits per heavy atom. The van der Waals surface area contributed by atoms with Gasteiger partial charge in [-0.15, -0.1) is 0 Å². The second-order valence-electron chi connectivity index (χ2n) is 19.7. The van der Waals surface area contributed by atoms with E-state index in [9.17, 15) is 25.2 Å². The standard InChI is InChI=1S/C62H58N4O4/c1-41-23-25-44(26-24-41)36-62(37-48-18-10-9-15-42(48)2)54-35-47(46-16-7-6-8-17-46)27-28-55(54)65(31-32-70-40-67)60(62)49(39-64)34-45(38-63)33-43(3)59-61(4,5)57-52-21-13-11-19-50(52)51-20-12-14-22-53(51)58(57)66(59)30-29-56(68)69/h6-28,33-35,40,57-59H,29-32,36-37H2,1-5H3,(H,68,69). The van der Waals surface area contributed by atoms with Gasteiger partial charge in [0, 0.05) is 41.3 Å². The Labute approximate surface area is 412 Å². The molecule has 0 aromatic heterocycles. The summed E-state index contributed by atoms with van der Waals surface area (Å²) in [6.07, 6.45) is 4.67. The van der Waals surface area contributed by atoms with E-state index in [1.807, 2.05) is 37.3 Å². The van der Waals surface area contributed by atoms with Crippen LogP contribution in [0.15, 0.2) is 180 Å². The molecule has 0 amide bonds. The van der Waals surface area contributed by atoms with Crippen molar-refractivity contribution >= 4 is 18.1 Å². The first kappa shape index (κ1) is 47.3. The third-order valence-corrected chi connectivity index (χ3v) is 15.1. The third-order valence-electron chi connectivity index (χ3n) is 15.1. The van der Waals surface area contributed by atoms with E-state index in [4.69, 9.17) is 4.74 Å². The highest BCUT2D eigenvalue weighted by atomic mass is 16.5. The molecule has 1 aliphatic carbocycles. The van der Waals surface area contributed by atoms with Crippen LogP contribution in [0.25, 0.3) is 22.3 Å². The monoisotopic (exact) mass is 922 g/mol. The van der Waals surface area contributed by atoms with Crippen LogP contribution in [-0.4, -0.2) is 48.2 Å². The molecule has 1 saturated heterocycles. The topological polar surface area (TPSA) is 118 Å². The summed E-state index contributed by atoms with van der Waals surface area (Å²) in [5.74, 6) is -0.846. The number of nitriles is 2. The number of rotatable bonds is 15. The molecule has 2 heterocycles. The van der Waals surface area contributed by atoms with Gasteiger partial charge in [-0.25, -0.2) is 0 Å². The summed E-state index contributed by atoms with van der Waals surface area (Å²) in [7, 11) is 0. The van der Waals surface area contributed by atoms with E-state index < -0.39 is 16.8 Å². The predicted molar refractivity (Wildman–Crippen MR) is 277 cm³/mol. The largest absolute Gasteiger partial charge is 0.481 e. The first-order chi connectivity index (χ1) is 33.9. The second-order valence-corrected chi connectivity index (χ2v) is 19.7. The maximum atomic E-state index is 12.3. The van der Waals surface area contributed by atoms with Gasteiger partial charge in [0.05, 0.1) is 30.2 Å². The summed E-state index contributed by atoms with van der Waals surface area (Å²) in [5.41, 5.74) is 14.2. The lowest BCUT2D eigenvalue weighted by Gasteiger charge is -2.38. The Kier molecular flexibility index (Phi) is 13.3. The van der Waals surface area contributed by atoms with Crippen molar-refractivity contribution in [1.29, 1.82) is 10.5 Å². The normalized spacial score (nSPS) is 20.8. The van der Waals surface area contributed by atoms with Crippen molar-refractivity contribution in [2.75, 3.05) is 24.6 Å². The molecule has 70 heavy (non-hydrogen) atoms. The van der Waals surface area contributed by atoms with Gasteiger partial charge >= 0.3 is 5.97 Å². The second kappa shape index (κ2) is 19.7. The van der Waals surface area contributed by atoms with Gasteiger partial charge in [0.1, 0.15) is 12.7 Å². The van der Waals surface area contributed by atoms with Gasteiger partial charge in [0.25, 0.3) is 6.47 Å². The molecular weight excluding hydrogens is 865 g/mol. The van der Waals surface area contributed by atoms with Gasteiger partial charge in [-0.2, -0.15) is 10.5 Å². The van der Waals surface area contributed by atoms with Crippen LogP contribution in [0.4, 0.5) is 5.69 Å². The zero-order valence-corrected chi connectivity index (χ0v) is 40.5. The van der Waals surface area contributed by atoms with Gasteiger partial charge in [-0.1, -0.05) is 158 Å². The van der Waals surface area contributed by atoms with Crippen molar-refractivity contribution in [1.82, 2.24) is 4.90 Å². The van der Waals surface area contributed by atoms with Crippen molar-refractivity contribution in [3.05, 3.63) is 219 Å². The van der Waals surface area contributed by atoms with Crippen LogP contribution in [0, 0.1) is 41.9 Å². The highest BCUT2D eigenvalue weighted by Crippen LogP contribution is 2.63. The Balaban J connectivity index is 1.26. The van der Waals surface area contributed by atoms with Crippen LogP contribution in [0.5, 0.6) is 0 Å². The SMILES string of the molecule is CC(=CC(C#N)=CC(C#N)=C1N(CCOC=O)c2ccc(-c3ccccc3)cc2C1(Cc1ccc(C)cc1)Cc1ccccc1C)C1N(CCC(=O)O)C2c3ccccc3-c3ccccc3C2C1(C)C. The Morgan fingerprint density at radius 3 is 2.11 bits per heavy atom. The molecule has 350 valence electrons. The number of allylic oxidation sites excluding steroid dienone is 5. The van der Waals surface area contributed by atoms with E-state index in [2.05, 4.69) is 171 Å². The molecule has 8 heteroatoms. The molecule has 4 unspecified atom stereocenters. The lowest BCUT2D eigenvalue weighted by Crippen LogP contribution is -2.40. The first-order valence-corrected chi connectivity index (χ1v) is 24.1. The zero-order valence-electron chi connectivity index (χ0n) is 40.5. The van der Waals surface area contributed by atoms with Crippen molar-refractivity contribution in [2.45, 2.75) is 77.3 Å². The molecule has 4 atom stereocenters.